The van der Waals surface area contributed by atoms with E-state index in [0.717, 1.165) is 30.7 Å². The molecule has 2 unspecified atom stereocenters. The Morgan fingerprint density at radius 2 is 1.68 bits per heavy atom. The van der Waals surface area contributed by atoms with Crippen molar-refractivity contribution in [2.24, 2.45) is 4.99 Å². The summed E-state index contributed by atoms with van der Waals surface area (Å²) in [6, 6.07) is 0. The predicted octanol–water partition coefficient (Wildman–Crippen LogP) is 5.63. The molecule has 1 amide bonds. The van der Waals surface area contributed by atoms with Gasteiger partial charge in [0.15, 0.2) is 6.17 Å². The lowest BCUT2D eigenvalue weighted by molar-refractivity contribution is -0.935. The van der Waals surface area contributed by atoms with Gasteiger partial charge in [0.1, 0.15) is 6.54 Å². The molecule has 162 valence electrons. The average Bonchev–Trinajstić information content (AvgIpc) is 3.08. The quantitative estimate of drug-likeness (QED) is 0.195. The molecule has 0 saturated carbocycles. The van der Waals surface area contributed by atoms with Crippen molar-refractivity contribution < 1.29 is 9.28 Å². The van der Waals surface area contributed by atoms with Gasteiger partial charge in [-0.1, -0.05) is 64.0 Å². The minimum atomic E-state index is 0.0687. The Morgan fingerprint density at radius 1 is 1.04 bits per heavy atom. The number of unbranched alkanes of at least 4 members (excludes halogenated alkanes) is 9. The van der Waals surface area contributed by atoms with E-state index in [1.54, 1.807) is 6.92 Å². The normalized spacial score (nSPS) is 21.6. The summed E-state index contributed by atoms with van der Waals surface area (Å²) in [7, 11) is 0. The van der Waals surface area contributed by atoms with Crippen molar-refractivity contribution in [3.05, 3.63) is 12.2 Å². The highest BCUT2D eigenvalue weighted by Gasteiger charge is 2.37. The number of hydrogen-bond acceptors (Lipinski definition) is 2. The van der Waals surface area contributed by atoms with Crippen molar-refractivity contribution in [3.8, 4) is 0 Å². The zero-order chi connectivity index (χ0) is 20.5. The first-order chi connectivity index (χ1) is 13.6. The van der Waals surface area contributed by atoms with Crippen LogP contribution in [0.5, 0.6) is 0 Å². The molecule has 1 rings (SSSR count). The van der Waals surface area contributed by atoms with Gasteiger partial charge in [-0.15, -0.1) is 0 Å². The van der Waals surface area contributed by atoms with Crippen LogP contribution in [-0.4, -0.2) is 48.9 Å². The van der Waals surface area contributed by atoms with Crippen LogP contribution in [0.25, 0.3) is 0 Å². The van der Waals surface area contributed by atoms with Crippen molar-refractivity contribution in [2.75, 3.05) is 26.2 Å². The van der Waals surface area contributed by atoms with Crippen LogP contribution in [0.2, 0.25) is 0 Å². The highest BCUT2D eigenvalue weighted by molar-refractivity contribution is 5.72. The lowest BCUT2D eigenvalue weighted by Gasteiger charge is -2.38. The topological polar surface area (TPSA) is 41.5 Å². The summed E-state index contributed by atoms with van der Waals surface area (Å²) in [6.45, 7) is 9.93. The molecule has 0 aromatic heterocycles. The van der Waals surface area contributed by atoms with Crippen LogP contribution in [0, 0.1) is 0 Å². The Kier molecular flexibility index (Phi) is 14.0. The molecule has 1 aliphatic rings. The number of allylic oxidation sites excluding steroid dienone is 2. The molecule has 0 fully saturated rings. The van der Waals surface area contributed by atoms with Crippen LogP contribution in [0.4, 0.5) is 0 Å². The van der Waals surface area contributed by atoms with Crippen molar-refractivity contribution in [1.29, 1.82) is 0 Å². The van der Waals surface area contributed by atoms with Crippen molar-refractivity contribution in [2.45, 2.75) is 104 Å². The Bertz CT molecular complexity index is 461. The van der Waals surface area contributed by atoms with Gasteiger partial charge in [0, 0.05) is 13.3 Å². The van der Waals surface area contributed by atoms with Gasteiger partial charge < -0.3 is 5.32 Å². The summed E-state index contributed by atoms with van der Waals surface area (Å²) in [5, 5.41) is 2.96. The van der Waals surface area contributed by atoms with Crippen molar-refractivity contribution >= 4 is 12.1 Å². The molecule has 0 saturated heterocycles. The lowest BCUT2D eigenvalue weighted by Crippen LogP contribution is -2.55. The SMILES string of the molecule is CC/C=C/CCCCCCCCCCCC1N=CC[N+]1(CC)CCNC(C)=O. The minimum absolute atomic E-state index is 0.0687. The summed E-state index contributed by atoms with van der Waals surface area (Å²) in [4.78, 5) is 15.9. The molecule has 28 heavy (non-hydrogen) atoms. The second kappa shape index (κ2) is 15.7. The average molecular weight is 393 g/mol. The summed E-state index contributed by atoms with van der Waals surface area (Å²) in [5.74, 6) is 0.0687. The maximum atomic E-state index is 11.1. The Balaban J connectivity index is 2.04. The Hall–Kier alpha value is -1.16. The van der Waals surface area contributed by atoms with E-state index in [0.29, 0.717) is 6.17 Å². The lowest BCUT2D eigenvalue weighted by atomic mass is 10.0. The first kappa shape index (κ1) is 24.9. The van der Waals surface area contributed by atoms with E-state index in [9.17, 15) is 4.79 Å². The molecule has 1 aliphatic heterocycles. The van der Waals surface area contributed by atoms with E-state index in [1.165, 1.54) is 77.0 Å². The number of hydrogen-bond donors (Lipinski definition) is 1. The molecule has 4 nitrogen and oxygen atoms in total. The van der Waals surface area contributed by atoms with Crippen molar-refractivity contribution in [1.82, 2.24) is 5.32 Å². The summed E-state index contributed by atoms with van der Waals surface area (Å²) < 4.78 is 1.02. The van der Waals surface area contributed by atoms with Gasteiger partial charge in [0.2, 0.25) is 5.91 Å². The maximum absolute atomic E-state index is 11.1. The van der Waals surface area contributed by atoms with E-state index < -0.39 is 0 Å². The first-order valence-electron chi connectivity index (χ1n) is 11.9. The van der Waals surface area contributed by atoms with E-state index in [2.05, 4.69) is 37.5 Å². The van der Waals surface area contributed by atoms with Gasteiger partial charge in [-0.05, 0) is 32.6 Å². The standard InChI is InChI=1S/C24H45N3O/c1-4-6-7-8-9-10-11-12-13-14-15-16-17-18-24-26-20-22-27(24,5-2)21-19-25-23(3)28/h6-7,20,24H,4-5,8-19,21-22H2,1-3H3/p+1/b7-6+. The van der Waals surface area contributed by atoms with Crippen LogP contribution in [0.1, 0.15) is 97.8 Å². The maximum Gasteiger partial charge on any atom is 0.217 e. The number of nitrogens with zero attached hydrogens (tertiary/aromatic N) is 2. The zero-order valence-electron chi connectivity index (χ0n) is 18.9. The summed E-state index contributed by atoms with van der Waals surface area (Å²) in [6.07, 6.45) is 23.1. The predicted molar refractivity (Wildman–Crippen MR) is 122 cm³/mol. The molecule has 1 N–H and O–H groups in total. The Labute approximate surface area is 174 Å². The molecular weight excluding hydrogens is 346 g/mol. The monoisotopic (exact) mass is 392 g/mol. The van der Waals surface area contributed by atoms with Crippen LogP contribution in [0.3, 0.4) is 0 Å². The van der Waals surface area contributed by atoms with E-state index in [1.807, 2.05) is 0 Å². The molecule has 0 bridgehead atoms. The van der Waals surface area contributed by atoms with Crippen molar-refractivity contribution in [3.63, 3.8) is 0 Å². The van der Waals surface area contributed by atoms with Gasteiger partial charge in [-0.2, -0.15) is 0 Å². The fraction of sp³-hybridized carbons (Fsp3) is 0.833. The number of carbonyl (C=O) groups is 1. The number of carbonyl (C=O) groups excluding carboxylic acids is 1. The second-order valence-electron chi connectivity index (χ2n) is 8.38. The number of amides is 1. The molecular formula is C24H46N3O+. The number of quaternary nitrogens is 1. The highest BCUT2D eigenvalue weighted by atomic mass is 16.1. The third kappa shape index (κ3) is 10.4. The summed E-state index contributed by atoms with van der Waals surface area (Å²) in [5.41, 5.74) is 0. The van der Waals surface area contributed by atoms with Crippen LogP contribution >= 0.6 is 0 Å². The van der Waals surface area contributed by atoms with Gasteiger partial charge in [-0.25, -0.2) is 4.99 Å². The molecule has 2 atom stereocenters. The van der Waals surface area contributed by atoms with Gasteiger partial charge >= 0.3 is 0 Å². The largest absolute Gasteiger partial charge is 0.351 e. The van der Waals surface area contributed by atoms with Crippen LogP contribution in [0.15, 0.2) is 17.1 Å². The van der Waals surface area contributed by atoms with E-state index >= 15 is 0 Å². The van der Waals surface area contributed by atoms with Gasteiger partial charge in [0.25, 0.3) is 0 Å². The van der Waals surface area contributed by atoms with Crippen LogP contribution in [-0.2, 0) is 4.79 Å². The molecule has 4 heteroatoms. The minimum Gasteiger partial charge on any atom is -0.351 e. The molecule has 0 aromatic rings. The molecule has 0 radical (unpaired) electrons. The molecule has 0 aliphatic carbocycles. The third-order valence-corrected chi connectivity index (χ3v) is 6.15. The van der Waals surface area contributed by atoms with E-state index in [4.69, 9.17) is 4.99 Å². The van der Waals surface area contributed by atoms with E-state index in [-0.39, 0.29) is 5.91 Å². The molecule has 0 aromatic carbocycles. The summed E-state index contributed by atoms with van der Waals surface area (Å²) >= 11 is 0. The third-order valence-electron chi connectivity index (χ3n) is 6.15. The second-order valence-corrected chi connectivity index (χ2v) is 8.38. The number of rotatable bonds is 17. The fourth-order valence-electron chi connectivity index (χ4n) is 4.25. The Morgan fingerprint density at radius 3 is 2.29 bits per heavy atom. The van der Waals surface area contributed by atoms with Gasteiger partial charge in [0.05, 0.1) is 25.8 Å². The fourth-order valence-corrected chi connectivity index (χ4v) is 4.25. The number of likely N-dealkylation sites (N-methyl/N-ethyl adjacent to an activating group) is 1. The molecule has 1 heterocycles. The first-order valence-corrected chi connectivity index (χ1v) is 11.9. The number of aliphatic imine (C=N–C) groups is 1. The number of nitrogens with one attached hydrogen (secondary N) is 1. The van der Waals surface area contributed by atoms with Gasteiger partial charge in [-0.3, -0.25) is 9.28 Å². The zero-order valence-corrected chi connectivity index (χ0v) is 18.9. The molecule has 0 spiro atoms. The smallest absolute Gasteiger partial charge is 0.217 e. The van der Waals surface area contributed by atoms with Crippen LogP contribution < -0.4 is 5.32 Å². The highest BCUT2D eigenvalue weighted by Crippen LogP contribution is 2.24.